The molecule has 8 nitrogen and oxygen atoms in total. The summed E-state index contributed by atoms with van der Waals surface area (Å²) in [6, 6.07) is 15.1. The molecule has 0 unspecified atom stereocenters. The number of aryl methyl sites for hydroxylation is 1. The average Bonchev–Trinajstić information content (AvgIpc) is 3.28. The molecule has 2 aromatic rings. The summed E-state index contributed by atoms with van der Waals surface area (Å²) in [5.74, 6) is 1.34. The van der Waals surface area contributed by atoms with Crippen molar-refractivity contribution in [3.63, 3.8) is 0 Å². The first-order valence-electron chi connectivity index (χ1n) is 12.2. The van der Waals surface area contributed by atoms with Gasteiger partial charge in [0.2, 0.25) is 5.91 Å². The number of piperidine rings is 1. The second-order valence-corrected chi connectivity index (χ2v) is 9.39. The van der Waals surface area contributed by atoms with Gasteiger partial charge in [-0.25, -0.2) is 0 Å². The van der Waals surface area contributed by atoms with E-state index in [1.807, 2.05) is 60.4 Å². The molecule has 35 heavy (non-hydrogen) atoms. The van der Waals surface area contributed by atoms with Gasteiger partial charge in [-0.15, -0.1) is 0 Å². The lowest BCUT2D eigenvalue weighted by Gasteiger charge is -2.38. The van der Waals surface area contributed by atoms with Crippen LogP contribution < -0.4 is 14.8 Å². The van der Waals surface area contributed by atoms with Crippen molar-refractivity contribution in [2.45, 2.75) is 50.9 Å². The van der Waals surface area contributed by atoms with Crippen LogP contribution in [0.3, 0.4) is 0 Å². The molecule has 0 aromatic heterocycles. The van der Waals surface area contributed by atoms with Crippen LogP contribution in [0.1, 0.15) is 30.4 Å². The number of hydrogen-bond acceptors (Lipinski definition) is 6. The first kappa shape index (κ1) is 25.0. The molecule has 2 heterocycles. The van der Waals surface area contributed by atoms with E-state index in [1.165, 1.54) is 0 Å². The van der Waals surface area contributed by atoms with Gasteiger partial charge in [0.05, 0.1) is 19.3 Å². The summed E-state index contributed by atoms with van der Waals surface area (Å²) in [6.07, 6.45) is 1.43. The number of aliphatic hydroxyl groups is 1. The van der Waals surface area contributed by atoms with Gasteiger partial charge in [0.15, 0.2) is 6.61 Å². The monoisotopic (exact) mass is 481 g/mol. The molecular weight excluding hydrogens is 446 g/mol. The first-order chi connectivity index (χ1) is 16.9. The molecule has 0 spiro atoms. The largest absolute Gasteiger partial charge is 0.497 e. The van der Waals surface area contributed by atoms with Crippen molar-refractivity contribution in [2.75, 3.05) is 33.4 Å². The summed E-state index contributed by atoms with van der Waals surface area (Å²) in [5.41, 5.74) is 2.05. The van der Waals surface area contributed by atoms with Crippen molar-refractivity contribution >= 4 is 11.8 Å². The van der Waals surface area contributed by atoms with Gasteiger partial charge < -0.3 is 24.8 Å². The molecule has 0 bridgehead atoms. The van der Waals surface area contributed by atoms with Gasteiger partial charge in [-0.3, -0.25) is 14.5 Å². The van der Waals surface area contributed by atoms with E-state index < -0.39 is 6.10 Å². The highest BCUT2D eigenvalue weighted by Crippen LogP contribution is 2.27. The zero-order chi connectivity index (χ0) is 24.8. The van der Waals surface area contributed by atoms with Crippen LogP contribution in [0.5, 0.6) is 11.5 Å². The number of ether oxygens (including phenoxy) is 2. The highest BCUT2D eigenvalue weighted by Gasteiger charge is 2.40. The van der Waals surface area contributed by atoms with E-state index in [4.69, 9.17) is 9.47 Å². The molecule has 0 saturated carbocycles. The summed E-state index contributed by atoms with van der Waals surface area (Å²) in [4.78, 5) is 29.6. The van der Waals surface area contributed by atoms with Crippen molar-refractivity contribution < 1.29 is 24.2 Å². The Morgan fingerprint density at radius 1 is 1.09 bits per heavy atom. The van der Waals surface area contributed by atoms with Gasteiger partial charge in [-0.1, -0.05) is 24.3 Å². The van der Waals surface area contributed by atoms with Crippen molar-refractivity contribution in [1.82, 2.24) is 15.1 Å². The summed E-state index contributed by atoms with van der Waals surface area (Å²) >= 11 is 0. The highest BCUT2D eigenvalue weighted by molar-refractivity contribution is 5.82. The fraction of sp³-hybridized carbons (Fsp3) is 0.481. The molecule has 8 heteroatoms. The number of β-amino-alcohol motifs (C(OH)–C–C–N with tert-alkyl or cyclic N) is 1. The average molecular weight is 482 g/mol. The summed E-state index contributed by atoms with van der Waals surface area (Å²) in [7, 11) is 1.62. The van der Waals surface area contributed by atoms with E-state index in [0.717, 1.165) is 29.7 Å². The third-order valence-corrected chi connectivity index (χ3v) is 6.86. The van der Waals surface area contributed by atoms with Crippen LogP contribution in [0.2, 0.25) is 0 Å². The first-order valence-corrected chi connectivity index (χ1v) is 12.2. The van der Waals surface area contributed by atoms with Crippen molar-refractivity contribution in [3.05, 3.63) is 59.7 Å². The second kappa shape index (κ2) is 11.6. The number of likely N-dealkylation sites (tertiary alicyclic amines) is 2. The lowest BCUT2D eigenvalue weighted by Crippen LogP contribution is -2.52. The molecular formula is C27H35N3O5. The number of benzene rings is 2. The third kappa shape index (κ3) is 6.52. The van der Waals surface area contributed by atoms with E-state index in [1.54, 1.807) is 7.11 Å². The molecule has 2 saturated heterocycles. The Bertz CT molecular complexity index is 1020. The Morgan fingerprint density at radius 2 is 1.83 bits per heavy atom. The zero-order valence-electron chi connectivity index (χ0n) is 20.5. The molecule has 2 aliphatic rings. The van der Waals surface area contributed by atoms with E-state index in [0.29, 0.717) is 38.3 Å². The fourth-order valence-corrected chi connectivity index (χ4v) is 4.98. The number of amides is 2. The molecule has 2 aliphatic heterocycles. The van der Waals surface area contributed by atoms with Crippen LogP contribution in [0.15, 0.2) is 48.5 Å². The Kier molecular flexibility index (Phi) is 8.25. The van der Waals surface area contributed by atoms with Gasteiger partial charge in [-0.2, -0.15) is 0 Å². The summed E-state index contributed by atoms with van der Waals surface area (Å²) < 4.78 is 10.9. The van der Waals surface area contributed by atoms with Gasteiger partial charge in [0.25, 0.3) is 5.91 Å². The topological polar surface area (TPSA) is 91.3 Å². The van der Waals surface area contributed by atoms with Crippen LogP contribution in [0.25, 0.3) is 0 Å². The van der Waals surface area contributed by atoms with E-state index in [-0.39, 0.29) is 30.5 Å². The number of hydrogen-bond donors (Lipinski definition) is 2. The third-order valence-electron chi connectivity index (χ3n) is 6.86. The van der Waals surface area contributed by atoms with Crippen LogP contribution in [-0.2, 0) is 16.1 Å². The maximum Gasteiger partial charge on any atom is 0.260 e. The number of nitrogens with zero attached hydrogens (tertiary/aromatic N) is 2. The molecule has 2 aromatic carbocycles. The molecule has 4 rings (SSSR count). The zero-order valence-corrected chi connectivity index (χ0v) is 20.5. The molecule has 2 N–H and O–H groups in total. The van der Waals surface area contributed by atoms with Crippen LogP contribution in [0, 0.1) is 6.92 Å². The minimum absolute atomic E-state index is 0.0197. The number of carbonyl (C=O) groups excluding carboxylic acids is 2. The van der Waals surface area contributed by atoms with E-state index >= 15 is 0 Å². The number of nitrogens with one attached hydrogen (secondary N) is 1. The lowest BCUT2D eigenvalue weighted by molar-refractivity contribution is -0.136. The normalized spacial score (nSPS) is 21.1. The molecule has 2 fully saturated rings. The standard InChI is InChI=1S/C27H35N3O5/c1-19-5-3-8-24(13-19)35-18-26(32)29-11-9-21(10-12-29)30-17-22(31)15-25(30)27(33)28-16-20-6-4-7-23(14-20)34-2/h3-8,13-14,21-22,25,31H,9-12,15-18H2,1-2H3,(H,28,33)/t22-,25+/m1/s1. The van der Waals surface area contributed by atoms with Gasteiger partial charge >= 0.3 is 0 Å². The van der Waals surface area contributed by atoms with Crippen LogP contribution >= 0.6 is 0 Å². The maximum absolute atomic E-state index is 13.0. The van der Waals surface area contributed by atoms with E-state index in [2.05, 4.69) is 10.2 Å². The number of methoxy groups -OCH3 is 1. The van der Waals surface area contributed by atoms with E-state index in [9.17, 15) is 14.7 Å². The Hall–Kier alpha value is -3.10. The smallest absolute Gasteiger partial charge is 0.260 e. The SMILES string of the molecule is COc1cccc(CNC(=O)[C@@H]2C[C@@H](O)CN2C2CCN(C(=O)COc3cccc(C)c3)CC2)c1. The molecule has 0 radical (unpaired) electrons. The molecule has 2 atom stereocenters. The van der Waals surface area contributed by atoms with Gasteiger partial charge in [-0.05, 0) is 61.6 Å². The molecule has 2 amide bonds. The Balaban J connectivity index is 1.27. The quantitative estimate of drug-likeness (QED) is 0.600. The minimum Gasteiger partial charge on any atom is -0.497 e. The Morgan fingerprint density at radius 3 is 2.57 bits per heavy atom. The van der Waals surface area contributed by atoms with Crippen LogP contribution in [-0.4, -0.2) is 78.3 Å². The summed E-state index contributed by atoms with van der Waals surface area (Å²) in [6.45, 7) is 4.13. The number of rotatable bonds is 8. The predicted octanol–water partition coefficient (Wildman–Crippen LogP) is 2.13. The fourth-order valence-electron chi connectivity index (χ4n) is 4.98. The van der Waals surface area contributed by atoms with Crippen molar-refractivity contribution in [3.8, 4) is 11.5 Å². The molecule has 188 valence electrons. The minimum atomic E-state index is -0.523. The second-order valence-electron chi connectivity index (χ2n) is 9.39. The summed E-state index contributed by atoms with van der Waals surface area (Å²) in [5, 5.41) is 13.3. The maximum atomic E-state index is 13.0. The lowest BCUT2D eigenvalue weighted by atomic mass is 10.0. The highest BCUT2D eigenvalue weighted by atomic mass is 16.5. The van der Waals surface area contributed by atoms with Crippen molar-refractivity contribution in [1.29, 1.82) is 0 Å². The number of carbonyl (C=O) groups is 2. The number of aliphatic hydroxyl groups excluding tert-OH is 1. The van der Waals surface area contributed by atoms with Gasteiger partial charge in [0, 0.05) is 32.2 Å². The molecule has 0 aliphatic carbocycles. The van der Waals surface area contributed by atoms with Crippen LogP contribution in [0.4, 0.5) is 0 Å². The Labute approximate surface area is 206 Å². The van der Waals surface area contributed by atoms with Gasteiger partial charge in [0.1, 0.15) is 11.5 Å². The predicted molar refractivity (Wildman–Crippen MR) is 132 cm³/mol. The van der Waals surface area contributed by atoms with Crippen molar-refractivity contribution in [2.24, 2.45) is 0 Å².